The van der Waals surface area contributed by atoms with Gasteiger partial charge in [-0.15, -0.1) is 0 Å². The predicted octanol–water partition coefficient (Wildman–Crippen LogP) is 11.9. The van der Waals surface area contributed by atoms with Gasteiger partial charge in [-0.05, 0) is 76.0 Å². The van der Waals surface area contributed by atoms with E-state index in [4.69, 9.17) is 0 Å². The Kier molecular flexibility index (Phi) is 7.57. The molecule has 0 heterocycles. The number of nitrogens with zero attached hydrogens (tertiary/aromatic N) is 1. The molecular weight excluding hydrogens is 518 g/mol. The summed E-state index contributed by atoms with van der Waals surface area (Å²) in [6, 6.07) is 48.7. The first-order valence-corrected chi connectivity index (χ1v) is 14.9. The van der Waals surface area contributed by atoms with Gasteiger partial charge in [0, 0.05) is 22.2 Å². The van der Waals surface area contributed by atoms with Crippen LogP contribution in [0.3, 0.4) is 0 Å². The molecule has 0 radical (unpaired) electrons. The van der Waals surface area contributed by atoms with Gasteiger partial charge in [-0.25, -0.2) is 0 Å². The van der Waals surface area contributed by atoms with Gasteiger partial charge in [0.05, 0.1) is 5.69 Å². The maximum absolute atomic E-state index is 3.36. The lowest BCUT2D eigenvalue weighted by Gasteiger charge is -2.29. The molecule has 0 aliphatic heterocycles. The number of hydrogen-bond donors (Lipinski definition) is 0. The van der Waals surface area contributed by atoms with Crippen LogP contribution in [0.4, 0.5) is 17.1 Å². The second kappa shape index (κ2) is 11.6. The van der Waals surface area contributed by atoms with Crippen molar-refractivity contribution in [1.82, 2.24) is 0 Å². The number of fused-ring (bicyclic) bond motifs is 4. The van der Waals surface area contributed by atoms with E-state index in [1.165, 1.54) is 61.1 Å². The second-order valence-corrected chi connectivity index (χ2v) is 11.6. The Morgan fingerprint density at radius 1 is 0.558 bits per heavy atom. The van der Waals surface area contributed by atoms with Gasteiger partial charge in [-0.2, -0.15) is 0 Å². The summed E-state index contributed by atoms with van der Waals surface area (Å²) in [6.45, 7) is 13.6. The average molecular weight is 556 g/mol. The highest BCUT2D eigenvalue weighted by atomic mass is 15.1. The van der Waals surface area contributed by atoms with Gasteiger partial charge in [0.2, 0.25) is 0 Å². The largest absolute Gasteiger partial charge is 0.310 e. The first-order chi connectivity index (χ1) is 20.9. The van der Waals surface area contributed by atoms with E-state index in [0.717, 1.165) is 5.69 Å². The summed E-state index contributed by atoms with van der Waals surface area (Å²) in [5, 5.41) is 2.48. The summed E-state index contributed by atoms with van der Waals surface area (Å²) in [5.41, 5.74) is 12.7. The summed E-state index contributed by atoms with van der Waals surface area (Å²) < 4.78 is 0. The van der Waals surface area contributed by atoms with E-state index >= 15 is 0 Å². The highest BCUT2D eigenvalue weighted by molar-refractivity contribution is 5.99. The quantitative estimate of drug-likeness (QED) is 0.191. The average Bonchev–Trinajstić information content (AvgIpc) is 3.27. The SMILES string of the molecule is C=CC=C.Cc1ccc2c(c1)C(C)(C)c1cc(N(c3ccc(-c4ccccc4)cc3)c3cccc4ccccc34)ccc1-2. The Hall–Kier alpha value is -5.14. The summed E-state index contributed by atoms with van der Waals surface area (Å²) >= 11 is 0. The van der Waals surface area contributed by atoms with Crippen molar-refractivity contribution in [3.05, 3.63) is 175 Å². The molecule has 0 unspecified atom stereocenters. The predicted molar refractivity (Wildman–Crippen MR) is 187 cm³/mol. The molecule has 1 heteroatoms. The van der Waals surface area contributed by atoms with Crippen LogP contribution in [-0.2, 0) is 5.41 Å². The van der Waals surface area contributed by atoms with Crippen LogP contribution in [0, 0.1) is 6.92 Å². The summed E-state index contributed by atoms with van der Waals surface area (Å²) in [7, 11) is 0. The molecule has 0 fully saturated rings. The first-order valence-electron chi connectivity index (χ1n) is 14.9. The normalized spacial score (nSPS) is 12.4. The molecule has 0 spiro atoms. The molecule has 43 heavy (non-hydrogen) atoms. The zero-order valence-electron chi connectivity index (χ0n) is 25.2. The molecular formula is C42H37N. The Bertz CT molecular complexity index is 1920. The van der Waals surface area contributed by atoms with E-state index in [0.29, 0.717) is 0 Å². The van der Waals surface area contributed by atoms with Crippen LogP contribution in [0.2, 0.25) is 0 Å². The number of aryl methyl sites for hydroxylation is 1. The number of anilines is 3. The zero-order valence-corrected chi connectivity index (χ0v) is 25.2. The molecule has 210 valence electrons. The summed E-state index contributed by atoms with van der Waals surface area (Å²) in [5.74, 6) is 0. The van der Waals surface area contributed by atoms with Crippen molar-refractivity contribution in [2.24, 2.45) is 0 Å². The molecule has 1 aliphatic carbocycles. The highest BCUT2D eigenvalue weighted by Gasteiger charge is 2.36. The van der Waals surface area contributed by atoms with Crippen molar-refractivity contribution in [2.45, 2.75) is 26.2 Å². The molecule has 0 saturated carbocycles. The second-order valence-electron chi connectivity index (χ2n) is 11.6. The maximum atomic E-state index is 3.36. The molecule has 0 atom stereocenters. The van der Waals surface area contributed by atoms with Crippen molar-refractivity contribution in [1.29, 1.82) is 0 Å². The van der Waals surface area contributed by atoms with Crippen LogP contribution >= 0.6 is 0 Å². The Morgan fingerprint density at radius 3 is 1.86 bits per heavy atom. The van der Waals surface area contributed by atoms with Crippen molar-refractivity contribution in [3.63, 3.8) is 0 Å². The fourth-order valence-corrected chi connectivity index (χ4v) is 6.24. The van der Waals surface area contributed by atoms with Gasteiger partial charge in [0.25, 0.3) is 0 Å². The molecule has 7 rings (SSSR count). The third-order valence-corrected chi connectivity index (χ3v) is 8.48. The van der Waals surface area contributed by atoms with Gasteiger partial charge in [-0.3, -0.25) is 0 Å². The summed E-state index contributed by atoms with van der Waals surface area (Å²) in [4.78, 5) is 2.42. The standard InChI is InChI=1S/C38H31N.C4H6/c1-26-16-22-33-34-23-21-31(25-36(34)38(2,3)35(33)24-26)39(37-15-9-13-29-12-7-8-14-32(29)37)30-19-17-28(18-20-30)27-10-5-4-6-11-27;1-3-4-2/h4-25H,1-3H3;3-4H,1-2H2. The Balaban J connectivity index is 0.000000777. The maximum Gasteiger partial charge on any atom is 0.0540 e. The van der Waals surface area contributed by atoms with E-state index in [-0.39, 0.29) is 5.41 Å². The Morgan fingerprint density at radius 2 is 1.14 bits per heavy atom. The molecule has 0 N–H and O–H groups in total. The van der Waals surface area contributed by atoms with Gasteiger partial charge in [0.15, 0.2) is 0 Å². The number of hydrogen-bond acceptors (Lipinski definition) is 1. The molecule has 0 amide bonds. The van der Waals surface area contributed by atoms with Crippen LogP contribution in [0.25, 0.3) is 33.0 Å². The summed E-state index contributed by atoms with van der Waals surface area (Å²) in [6.07, 6.45) is 3.28. The topological polar surface area (TPSA) is 3.24 Å². The van der Waals surface area contributed by atoms with E-state index < -0.39 is 0 Å². The number of rotatable bonds is 5. The minimum atomic E-state index is -0.0612. The third-order valence-electron chi connectivity index (χ3n) is 8.48. The molecule has 0 bridgehead atoms. The monoisotopic (exact) mass is 555 g/mol. The molecule has 0 saturated heterocycles. The fraction of sp³-hybridized carbons (Fsp3) is 0.0952. The lowest BCUT2D eigenvalue weighted by atomic mass is 9.82. The minimum absolute atomic E-state index is 0.0612. The van der Waals surface area contributed by atoms with E-state index in [1.807, 2.05) is 0 Å². The van der Waals surface area contributed by atoms with E-state index in [2.05, 4.69) is 172 Å². The van der Waals surface area contributed by atoms with Crippen LogP contribution in [-0.4, -0.2) is 0 Å². The van der Waals surface area contributed by atoms with Crippen LogP contribution in [0.5, 0.6) is 0 Å². The van der Waals surface area contributed by atoms with Crippen molar-refractivity contribution < 1.29 is 0 Å². The van der Waals surface area contributed by atoms with Crippen LogP contribution < -0.4 is 4.90 Å². The first kappa shape index (κ1) is 28.0. The minimum Gasteiger partial charge on any atom is -0.310 e. The molecule has 1 aliphatic rings. The highest BCUT2D eigenvalue weighted by Crippen LogP contribution is 2.51. The molecule has 1 nitrogen and oxygen atoms in total. The lowest BCUT2D eigenvalue weighted by molar-refractivity contribution is 0.660. The smallest absolute Gasteiger partial charge is 0.0540 e. The zero-order chi connectivity index (χ0) is 30.0. The fourth-order valence-electron chi connectivity index (χ4n) is 6.24. The number of allylic oxidation sites excluding steroid dienone is 2. The lowest BCUT2D eigenvalue weighted by Crippen LogP contribution is -2.16. The van der Waals surface area contributed by atoms with Crippen molar-refractivity contribution >= 4 is 27.8 Å². The van der Waals surface area contributed by atoms with Gasteiger partial charge in [-0.1, -0.05) is 148 Å². The molecule has 6 aromatic carbocycles. The van der Waals surface area contributed by atoms with E-state index in [9.17, 15) is 0 Å². The van der Waals surface area contributed by atoms with Crippen molar-refractivity contribution in [2.75, 3.05) is 4.90 Å². The third kappa shape index (κ3) is 5.19. The van der Waals surface area contributed by atoms with Gasteiger partial charge >= 0.3 is 0 Å². The Labute approximate surface area is 256 Å². The molecule has 6 aromatic rings. The molecule has 0 aromatic heterocycles. The van der Waals surface area contributed by atoms with Crippen LogP contribution in [0.15, 0.2) is 159 Å². The van der Waals surface area contributed by atoms with Crippen LogP contribution in [0.1, 0.15) is 30.5 Å². The van der Waals surface area contributed by atoms with Gasteiger partial charge < -0.3 is 4.90 Å². The number of benzene rings is 6. The van der Waals surface area contributed by atoms with Crippen molar-refractivity contribution in [3.8, 4) is 22.3 Å². The van der Waals surface area contributed by atoms with Gasteiger partial charge in [0.1, 0.15) is 0 Å². The van der Waals surface area contributed by atoms with E-state index in [1.54, 1.807) is 12.2 Å².